The Labute approximate surface area is 148 Å². The van der Waals surface area contributed by atoms with Gasteiger partial charge in [0.05, 0.1) is 6.54 Å². The third kappa shape index (κ3) is 4.97. The standard InChI is InChI=1S/C19H24N4O2/c1-2-9-22-10-12-23(13-11-22)19(25)20-14-15-3-5-16(6-4-15)18(24)21-17-7-8-17/h1,3-6,17H,7-14H2,(H,20,25)(H,21,24). The summed E-state index contributed by atoms with van der Waals surface area (Å²) in [6, 6.07) is 7.67. The molecule has 1 aromatic rings. The van der Waals surface area contributed by atoms with Crippen LogP contribution in [0.2, 0.25) is 0 Å². The van der Waals surface area contributed by atoms with Crippen molar-refractivity contribution in [3.8, 4) is 12.3 Å². The molecule has 1 aliphatic heterocycles. The van der Waals surface area contributed by atoms with Crippen LogP contribution in [0.5, 0.6) is 0 Å². The summed E-state index contributed by atoms with van der Waals surface area (Å²) in [7, 11) is 0. The first kappa shape index (κ1) is 17.3. The lowest BCUT2D eigenvalue weighted by Crippen LogP contribution is -2.51. The van der Waals surface area contributed by atoms with Crippen molar-refractivity contribution in [1.29, 1.82) is 0 Å². The molecule has 25 heavy (non-hydrogen) atoms. The summed E-state index contributed by atoms with van der Waals surface area (Å²) < 4.78 is 0. The number of terminal acetylenes is 1. The molecule has 1 aliphatic carbocycles. The van der Waals surface area contributed by atoms with Crippen LogP contribution >= 0.6 is 0 Å². The van der Waals surface area contributed by atoms with Crippen molar-refractivity contribution >= 4 is 11.9 Å². The Morgan fingerprint density at radius 1 is 1.12 bits per heavy atom. The highest BCUT2D eigenvalue weighted by molar-refractivity contribution is 5.94. The van der Waals surface area contributed by atoms with Crippen molar-refractivity contribution < 1.29 is 9.59 Å². The SMILES string of the molecule is C#CCN1CCN(C(=O)NCc2ccc(C(=O)NC3CC3)cc2)CC1. The van der Waals surface area contributed by atoms with Crippen molar-refractivity contribution in [3.05, 3.63) is 35.4 Å². The molecule has 0 aromatic heterocycles. The summed E-state index contributed by atoms with van der Waals surface area (Å²) in [6.45, 7) is 4.08. The van der Waals surface area contributed by atoms with Crippen molar-refractivity contribution in [2.24, 2.45) is 0 Å². The van der Waals surface area contributed by atoms with E-state index in [4.69, 9.17) is 6.42 Å². The van der Waals surface area contributed by atoms with Crippen LogP contribution in [0, 0.1) is 12.3 Å². The van der Waals surface area contributed by atoms with E-state index in [2.05, 4.69) is 21.5 Å². The molecular weight excluding hydrogens is 316 g/mol. The molecule has 1 aromatic carbocycles. The lowest BCUT2D eigenvalue weighted by atomic mass is 10.1. The van der Waals surface area contributed by atoms with Gasteiger partial charge in [-0.2, -0.15) is 0 Å². The number of piperazine rings is 1. The van der Waals surface area contributed by atoms with Crippen LogP contribution < -0.4 is 10.6 Å². The van der Waals surface area contributed by atoms with E-state index in [9.17, 15) is 9.59 Å². The second kappa shape index (κ2) is 8.04. The first-order chi connectivity index (χ1) is 12.2. The smallest absolute Gasteiger partial charge is 0.317 e. The number of benzene rings is 1. The Kier molecular flexibility index (Phi) is 5.56. The van der Waals surface area contributed by atoms with Gasteiger partial charge in [0.1, 0.15) is 0 Å². The number of carbonyl (C=O) groups excluding carboxylic acids is 2. The van der Waals surface area contributed by atoms with Crippen molar-refractivity contribution in [2.45, 2.75) is 25.4 Å². The van der Waals surface area contributed by atoms with Gasteiger partial charge in [0.15, 0.2) is 0 Å². The van der Waals surface area contributed by atoms with Gasteiger partial charge in [-0.1, -0.05) is 18.1 Å². The molecular formula is C19H24N4O2. The van der Waals surface area contributed by atoms with Gasteiger partial charge in [0, 0.05) is 44.3 Å². The Morgan fingerprint density at radius 3 is 2.40 bits per heavy atom. The van der Waals surface area contributed by atoms with Gasteiger partial charge in [-0.25, -0.2) is 4.79 Å². The number of urea groups is 1. The Morgan fingerprint density at radius 2 is 1.80 bits per heavy atom. The van der Waals surface area contributed by atoms with E-state index in [-0.39, 0.29) is 11.9 Å². The number of nitrogens with one attached hydrogen (secondary N) is 2. The average molecular weight is 340 g/mol. The highest BCUT2D eigenvalue weighted by Crippen LogP contribution is 2.19. The fraction of sp³-hybridized carbons (Fsp3) is 0.474. The molecule has 0 spiro atoms. The molecule has 1 saturated heterocycles. The number of amides is 3. The topological polar surface area (TPSA) is 64.7 Å². The van der Waals surface area contributed by atoms with Crippen LogP contribution in [0.1, 0.15) is 28.8 Å². The molecule has 0 radical (unpaired) electrons. The Bertz CT molecular complexity index is 653. The second-order valence-corrected chi connectivity index (χ2v) is 6.57. The van der Waals surface area contributed by atoms with Crippen LogP contribution in [-0.2, 0) is 6.54 Å². The van der Waals surface area contributed by atoms with E-state index in [0.717, 1.165) is 31.5 Å². The molecule has 6 heteroatoms. The molecule has 2 fully saturated rings. The number of hydrogen-bond donors (Lipinski definition) is 2. The van der Waals surface area contributed by atoms with E-state index in [1.807, 2.05) is 17.0 Å². The summed E-state index contributed by atoms with van der Waals surface area (Å²) in [5.41, 5.74) is 1.63. The molecule has 3 amide bonds. The molecule has 2 N–H and O–H groups in total. The fourth-order valence-corrected chi connectivity index (χ4v) is 2.80. The molecule has 1 heterocycles. The fourth-order valence-electron chi connectivity index (χ4n) is 2.80. The van der Waals surface area contributed by atoms with Crippen molar-refractivity contribution in [2.75, 3.05) is 32.7 Å². The maximum atomic E-state index is 12.2. The van der Waals surface area contributed by atoms with Gasteiger partial charge in [-0.3, -0.25) is 9.69 Å². The Hall–Kier alpha value is -2.52. The van der Waals surface area contributed by atoms with Gasteiger partial charge in [0.25, 0.3) is 5.91 Å². The number of hydrogen-bond acceptors (Lipinski definition) is 3. The predicted octanol–water partition coefficient (Wildman–Crippen LogP) is 1.04. The zero-order chi connectivity index (χ0) is 17.6. The molecule has 1 saturated carbocycles. The first-order valence-corrected chi connectivity index (χ1v) is 8.74. The van der Waals surface area contributed by atoms with Crippen LogP contribution in [0.15, 0.2) is 24.3 Å². The van der Waals surface area contributed by atoms with Gasteiger partial charge >= 0.3 is 6.03 Å². The maximum absolute atomic E-state index is 12.2. The van der Waals surface area contributed by atoms with Crippen LogP contribution in [0.3, 0.4) is 0 Å². The van der Waals surface area contributed by atoms with E-state index < -0.39 is 0 Å². The molecule has 132 valence electrons. The lowest BCUT2D eigenvalue weighted by molar-refractivity contribution is 0.0951. The van der Waals surface area contributed by atoms with Crippen LogP contribution in [-0.4, -0.2) is 60.5 Å². The van der Waals surface area contributed by atoms with Gasteiger partial charge < -0.3 is 15.5 Å². The van der Waals surface area contributed by atoms with Crippen molar-refractivity contribution in [3.63, 3.8) is 0 Å². The number of carbonyl (C=O) groups is 2. The summed E-state index contributed by atoms with van der Waals surface area (Å²) in [5.74, 6) is 2.61. The zero-order valence-electron chi connectivity index (χ0n) is 14.3. The van der Waals surface area contributed by atoms with E-state index >= 15 is 0 Å². The largest absolute Gasteiger partial charge is 0.349 e. The zero-order valence-corrected chi connectivity index (χ0v) is 14.3. The molecule has 3 rings (SSSR count). The van der Waals surface area contributed by atoms with E-state index in [1.165, 1.54) is 0 Å². The van der Waals surface area contributed by atoms with Gasteiger partial charge in [-0.15, -0.1) is 6.42 Å². The second-order valence-electron chi connectivity index (χ2n) is 6.57. The van der Waals surface area contributed by atoms with Gasteiger partial charge in [-0.05, 0) is 30.5 Å². The molecule has 0 atom stereocenters. The Balaban J connectivity index is 1.43. The number of rotatable bonds is 5. The minimum Gasteiger partial charge on any atom is -0.349 e. The van der Waals surface area contributed by atoms with Gasteiger partial charge in [0.2, 0.25) is 0 Å². The molecule has 0 unspecified atom stereocenters. The predicted molar refractivity (Wildman–Crippen MR) is 96.0 cm³/mol. The van der Waals surface area contributed by atoms with Crippen LogP contribution in [0.4, 0.5) is 4.79 Å². The summed E-state index contributed by atoms with van der Waals surface area (Å²) in [6.07, 6.45) is 7.46. The average Bonchev–Trinajstić information content (AvgIpc) is 3.45. The lowest BCUT2D eigenvalue weighted by Gasteiger charge is -2.33. The van der Waals surface area contributed by atoms with Crippen molar-refractivity contribution in [1.82, 2.24) is 20.4 Å². The molecule has 2 aliphatic rings. The minimum absolute atomic E-state index is 0.0251. The maximum Gasteiger partial charge on any atom is 0.317 e. The molecule has 0 bridgehead atoms. The summed E-state index contributed by atoms with van der Waals surface area (Å²) >= 11 is 0. The highest BCUT2D eigenvalue weighted by atomic mass is 16.2. The first-order valence-electron chi connectivity index (χ1n) is 8.74. The third-order valence-corrected chi connectivity index (χ3v) is 4.55. The third-order valence-electron chi connectivity index (χ3n) is 4.55. The highest BCUT2D eigenvalue weighted by Gasteiger charge is 2.23. The minimum atomic E-state index is -0.0593. The monoisotopic (exact) mass is 340 g/mol. The summed E-state index contributed by atoms with van der Waals surface area (Å²) in [5, 5.41) is 5.90. The van der Waals surface area contributed by atoms with Crippen LogP contribution in [0.25, 0.3) is 0 Å². The number of nitrogens with zero attached hydrogens (tertiary/aromatic N) is 2. The quantitative estimate of drug-likeness (QED) is 0.787. The van der Waals surface area contributed by atoms with E-state index in [0.29, 0.717) is 37.8 Å². The van der Waals surface area contributed by atoms with E-state index in [1.54, 1.807) is 12.1 Å². The normalized spacial score (nSPS) is 17.6. The summed E-state index contributed by atoms with van der Waals surface area (Å²) in [4.78, 5) is 28.2. The molecule has 6 nitrogen and oxygen atoms in total.